The second kappa shape index (κ2) is 7.77. The second-order valence-corrected chi connectivity index (χ2v) is 6.99. The summed E-state index contributed by atoms with van der Waals surface area (Å²) in [6, 6.07) is 30.5. The van der Waals surface area contributed by atoms with E-state index in [1.807, 2.05) is 54.6 Å². The van der Waals surface area contributed by atoms with Crippen LogP contribution in [-0.2, 0) is 10.3 Å². The third-order valence-corrected chi connectivity index (χ3v) is 5.31. The number of rotatable bonds is 5. The molecule has 3 nitrogen and oxygen atoms in total. The van der Waals surface area contributed by atoms with Crippen LogP contribution in [0.2, 0.25) is 0 Å². The minimum Gasteiger partial charge on any atom is -0.337 e. The zero-order valence-electron chi connectivity index (χ0n) is 15.3. The van der Waals surface area contributed by atoms with Crippen molar-refractivity contribution in [3.05, 3.63) is 108 Å². The van der Waals surface area contributed by atoms with Crippen LogP contribution in [0.5, 0.6) is 0 Å². The Kier molecular flexibility index (Phi) is 5.03. The minimum absolute atomic E-state index is 0.0454. The Morgan fingerprint density at radius 2 is 1.22 bits per heavy atom. The lowest BCUT2D eigenvalue weighted by molar-refractivity contribution is -0.124. The van der Waals surface area contributed by atoms with Gasteiger partial charge in [-0.05, 0) is 36.1 Å². The van der Waals surface area contributed by atoms with E-state index in [1.54, 1.807) is 0 Å². The van der Waals surface area contributed by atoms with Crippen molar-refractivity contribution in [2.75, 3.05) is 6.54 Å². The predicted octanol–water partition coefficient (Wildman–Crippen LogP) is 3.85. The first-order valence-electron chi connectivity index (χ1n) is 9.53. The summed E-state index contributed by atoms with van der Waals surface area (Å²) in [6.45, 7) is 0.896. The Labute approximate surface area is 160 Å². The molecule has 0 spiro atoms. The van der Waals surface area contributed by atoms with Gasteiger partial charge in [-0.1, -0.05) is 91.0 Å². The number of carbonyl (C=O) groups excluding carboxylic acids is 1. The normalized spacial score (nSPS) is 16.8. The third kappa shape index (κ3) is 3.38. The average molecular weight is 356 g/mol. The molecule has 1 aliphatic heterocycles. The molecular formula is C24H24N2O. The molecule has 136 valence electrons. The van der Waals surface area contributed by atoms with Crippen LogP contribution in [0.1, 0.15) is 29.5 Å². The fourth-order valence-corrected chi connectivity index (χ4v) is 3.96. The van der Waals surface area contributed by atoms with Gasteiger partial charge in [0.05, 0.1) is 6.04 Å². The molecule has 1 fully saturated rings. The van der Waals surface area contributed by atoms with Gasteiger partial charge in [0.2, 0.25) is 5.91 Å². The Balaban J connectivity index is 1.90. The SMILES string of the molecule is O=C(NC(c1ccccc1)(c1ccccc1)c1ccccc1)[C@@H]1CCCN1. The highest BCUT2D eigenvalue weighted by Crippen LogP contribution is 2.37. The molecule has 1 heterocycles. The highest BCUT2D eigenvalue weighted by atomic mass is 16.2. The zero-order chi connectivity index (χ0) is 18.5. The van der Waals surface area contributed by atoms with E-state index in [2.05, 4.69) is 47.0 Å². The number of nitrogens with one attached hydrogen (secondary N) is 2. The molecule has 27 heavy (non-hydrogen) atoms. The first-order valence-corrected chi connectivity index (χ1v) is 9.53. The van der Waals surface area contributed by atoms with Crippen molar-refractivity contribution in [2.24, 2.45) is 0 Å². The maximum atomic E-state index is 13.2. The summed E-state index contributed by atoms with van der Waals surface area (Å²) in [5, 5.41) is 6.74. The summed E-state index contributed by atoms with van der Waals surface area (Å²) < 4.78 is 0. The third-order valence-electron chi connectivity index (χ3n) is 5.31. The van der Waals surface area contributed by atoms with Gasteiger partial charge in [0, 0.05) is 0 Å². The molecule has 1 atom stereocenters. The van der Waals surface area contributed by atoms with Crippen molar-refractivity contribution < 1.29 is 4.79 Å². The summed E-state index contributed by atoms with van der Waals surface area (Å²) in [5.41, 5.74) is 2.42. The lowest BCUT2D eigenvalue weighted by Gasteiger charge is -2.37. The molecule has 0 bridgehead atoms. The van der Waals surface area contributed by atoms with Gasteiger partial charge in [-0.3, -0.25) is 4.79 Å². The van der Waals surface area contributed by atoms with Gasteiger partial charge < -0.3 is 10.6 Å². The molecule has 0 radical (unpaired) electrons. The van der Waals surface area contributed by atoms with Crippen LogP contribution in [-0.4, -0.2) is 18.5 Å². The Hall–Kier alpha value is -2.91. The summed E-state index contributed by atoms with van der Waals surface area (Å²) >= 11 is 0. The van der Waals surface area contributed by atoms with Crippen LogP contribution < -0.4 is 10.6 Å². The lowest BCUT2D eigenvalue weighted by atomic mass is 9.76. The maximum Gasteiger partial charge on any atom is 0.238 e. The summed E-state index contributed by atoms with van der Waals surface area (Å²) in [6.07, 6.45) is 1.91. The smallest absolute Gasteiger partial charge is 0.238 e. The number of hydrogen-bond donors (Lipinski definition) is 2. The van der Waals surface area contributed by atoms with Crippen molar-refractivity contribution in [3.8, 4) is 0 Å². The predicted molar refractivity (Wildman–Crippen MR) is 108 cm³/mol. The number of benzene rings is 3. The van der Waals surface area contributed by atoms with E-state index in [4.69, 9.17) is 0 Å². The topological polar surface area (TPSA) is 41.1 Å². The molecule has 0 aliphatic carbocycles. The fourth-order valence-electron chi connectivity index (χ4n) is 3.96. The van der Waals surface area contributed by atoms with E-state index in [9.17, 15) is 4.79 Å². The van der Waals surface area contributed by atoms with Gasteiger partial charge in [0.15, 0.2) is 0 Å². The van der Waals surface area contributed by atoms with E-state index in [0.717, 1.165) is 36.1 Å². The first-order chi connectivity index (χ1) is 13.3. The summed E-state index contributed by atoms with van der Waals surface area (Å²) in [7, 11) is 0. The quantitative estimate of drug-likeness (QED) is 0.682. The van der Waals surface area contributed by atoms with Gasteiger partial charge in [-0.25, -0.2) is 0 Å². The molecule has 0 aromatic heterocycles. The zero-order valence-corrected chi connectivity index (χ0v) is 15.3. The lowest BCUT2D eigenvalue weighted by Crippen LogP contribution is -2.53. The Bertz CT molecular complexity index is 775. The van der Waals surface area contributed by atoms with Crippen LogP contribution in [0.3, 0.4) is 0 Å². The first kappa shape index (κ1) is 17.5. The molecule has 1 aliphatic rings. The number of amides is 1. The molecule has 1 amide bonds. The average Bonchev–Trinajstić information content (AvgIpc) is 3.29. The van der Waals surface area contributed by atoms with E-state index in [0.29, 0.717) is 0 Å². The van der Waals surface area contributed by atoms with Crippen molar-refractivity contribution in [1.82, 2.24) is 10.6 Å². The van der Waals surface area contributed by atoms with Crippen molar-refractivity contribution in [3.63, 3.8) is 0 Å². The van der Waals surface area contributed by atoms with Crippen LogP contribution in [0, 0.1) is 0 Å². The minimum atomic E-state index is -0.731. The van der Waals surface area contributed by atoms with Gasteiger partial charge in [-0.15, -0.1) is 0 Å². The van der Waals surface area contributed by atoms with Gasteiger partial charge >= 0.3 is 0 Å². The number of carbonyl (C=O) groups is 1. The molecule has 3 heteroatoms. The molecule has 3 aromatic carbocycles. The van der Waals surface area contributed by atoms with Crippen molar-refractivity contribution in [1.29, 1.82) is 0 Å². The highest BCUT2D eigenvalue weighted by molar-refractivity contribution is 5.84. The van der Waals surface area contributed by atoms with Gasteiger partial charge in [0.25, 0.3) is 0 Å². The summed E-state index contributed by atoms with van der Waals surface area (Å²) in [4.78, 5) is 13.2. The Morgan fingerprint density at radius 1 is 0.778 bits per heavy atom. The van der Waals surface area contributed by atoms with Crippen LogP contribution in [0.15, 0.2) is 91.0 Å². The maximum absolute atomic E-state index is 13.2. The van der Waals surface area contributed by atoms with Crippen molar-refractivity contribution in [2.45, 2.75) is 24.4 Å². The van der Waals surface area contributed by atoms with Crippen molar-refractivity contribution >= 4 is 5.91 Å². The van der Waals surface area contributed by atoms with Crippen LogP contribution in [0.4, 0.5) is 0 Å². The van der Waals surface area contributed by atoms with Crippen LogP contribution >= 0.6 is 0 Å². The van der Waals surface area contributed by atoms with Gasteiger partial charge in [-0.2, -0.15) is 0 Å². The van der Waals surface area contributed by atoms with Crippen LogP contribution in [0.25, 0.3) is 0 Å². The molecule has 4 rings (SSSR count). The molecular weight excluding hydrogens is 332 g/mol. The van der Waals surface area contributed by atoms with E-state index < -0.39 is 5.54 Å². The monoisotopic (exact) mass is 356 g/mol. The molecule has 0 saturated carbocycles. The second-order valence-electron chi connectivity index (χ2n) is 6.99. The summed E-state index contributed by atoms with van der Waals surface area (Å²) in [5.74, 6) is 0.0454. The van der Waals surface area contributed by atoms with E-state index >= 15 is 0 Å². The molecule has 0 unspecified atom stereocenters. The fraction of sp³-hybridized carbons (Fsp3) is 0.208. The Morgan fingerprint density at radius 3 is 1.59 bits per heavy atom. The number of hydrogen-bond acceptors (Lipinski definition) is 2. The van der Waals surface area contributed by atoms with Gasteiger partial charge in [0.1, 0.15) is 5.54 Å². The van der Waals surface area contributed by atoms with E-state index in [-0.39, 0.29) is 11.9 Å². The molecule has 3 aromatic rings. The molecule has 1 saturated heterocycles. The standard InChI is InChI=1S/C24H24N2O/c27-23(22-17-10-18-25-22)26-24(19-11-4-1-5-12-19,20-13-6-2-7-14-20)21-15-8-3-9-16-21/h1-9,11-16,22,25H,10,17-18H2,(H,26,27)/t22-/m0/s1. The van der Waals surface area contributed by atoms with E-state index in [1.165, 1.54) is 0 Å². The molecule has 2 N–H and O–H groups in total. The largest absolute Gasteiger partial charge is 0.337 e. The highest BCUT2D eigenvalue weighted by Gasteiger charge is 2.39.